The number of carbonyl (C=O) groups excluding carboxylic acids is 3. The van der Waals surface area contributed by atoms with E-state index in [2.05, 4.69) is 5.16 Å². The lowest BCUT2D eigenvalue weighted by atomic mass is 9.88. The molecule has 2 aromatic rings. The maximum absolute atomic E-state index is 13.3. The molecule has 2 aliphatic rings. The summed E-state index contributed by atoms with van der Waals surface area (Å²) in [5, 5.41) is 4.23. The Bertz CT molecular complexity index is 1110. The summed E-state index contributed by atoms with van der Waals surface area (Å²) in [4.78, 5) is 45.4. The van der Waals surface area contributed by atoms with Gasteiger partial charge in [0.15, 0.2) is 5.60 Å². The first-order valence-electron chi connectivity index (χ1n) is 10.5. The highest BCUT2D eigenvalue weighted by atomic mass is 19.1. The molecule has 0 bridgehead atoms. The molecule has 0 aromatic heterocycles. The highest BCUT2D eigenvalue weighted by molar-refractivity contribution is 6.07. The van der Waals surface area contributed by atoms with E-state index in [1.807, 2.05) is 13.0 Å². The predicted molar refractivity (Wildman–Crippen MR) is 115 cm³/mol. The molecule has 2 heterocycles. The molecule has 0 saturated carbocycles. The van der Waals surface area contributed by atoms with E-state index in [1.165, 1.54) is 17.0 Å². The third kappa shape index (κ3) is 3.88. The second-order valence-electron chi connectivity index (χ2n) is 8.27. The third-order valence-electron chi connectivity index (χ3n) is 5.96. The minimum Gasteiger partial charge on any atom is -0.384 e. The largest absolute Gasteiger partial charge is 0.384 e. The molecule has 1 fully saturated rings. The molecule has 2 aliphatic heterocycles. The molecule has 7 nitrogen and oxygen atoms in total. The Morgan fingerprint density at radius 1 is 1.12 bits per heavy atom. The van der Waals surface area contributed by atoms with Gasteiger partial charge in [0.2, 0.25) is 11.8 Å². The van der Waals surface area contributed by atoms with E-state index < -0.39 is 5.60 Å². The van der Waals surface area contributed by atoms with Crippen LogP contribution in [0.1, 0.15) is 47.3 Å². The monoisotopic (exact) mass is 437 g/mol. The minimum atomic E-state index is -0.703. The van der Waals surface area contributed by atoms with Crippen LogP contribution in [-0.2, 0) is 20.0 Å². The van der Waals surface area contributed by atoms with Crippen LogP contribution in [-0.4, -0.2) is 52.9 Å². The zero-order valence-electron chi connectivity index (χ0n) is 18.2. The van der Waals surface area contributed by atoms with Gasteiger partial charge in [0, 0.05) is 18.5 Å². The lowest BCUT2D eigenvalue weighted by molar-refractivity contribution is -0.149. The van der Waals surface area contributed by atoms with Crippen molar-refractivity contribution in [1.29, 1.82) is 0 Å². The first-order chi connectivity index (χ1) is 15.2. The van der Waals surface area contributed by atoms with Gasteiger partial charge in [-0.2, -0.15) is 0 Å². The number of aryl methyl sites for hydroxylation is 1. The number of likely N-dealkylation sites (N-methyl/N-ethyl adjacent to an activating group) is 1. The van der Waals surface area contributed by atoms with E-state index in [0.29, 0.717) is 24.1 Å². The second kappa shape index (κ2) is 8.18. The van der Waals surface area contributed by atoms with Crippen molar-refractivity contribution in [2.75, 3.05) is 19.6 Å². The molecule has 0 N–H and O–H groups in total. The number of oxime groups is 1. The molecule has 166 valence electrons. The number of benzene rings is 2. The first kappa shape index (κ1) is 21.7. The van der Waals surface area contributed by atoms with Gasteiger partial charge < -0.3 is 9.74 Å². The summed E-state index contributed by atoms with van der Waals surface area (Å²) in [5.41, 5.74) is 2.80. The SMILES string of the molecule is CCN1C(=O)CN(C(=O)c2ccc(C3=NOC(C)(c4ccc(F)cc4)C3)cc2C)CC1=O. The van der Waals surface area contributed by atoms with Crippen molar-refractivity contribution in [1.82, 2.24) is 9.80 Å². The average molecular weight is 437 g/mol. The van der Waals surface area contributed by atoms with Crippen LogP contribution >= 0.6 is 0 Å². The number of piperazine rings is 1. The van der Waals surface area contributed by atoms with Gasteiger partial charge in [0.25, 0.3) is 5.91 Å². The van der Waals surface area contributed by atoms with Gasteiger partial charge in [-0.05, 0) is 61.7 Å². The molecular weight excluding hydrogens is 413 g/mol. The van der Waals surface area contributed by atoms with Crippen LogP contribution in [0.3, 0.4) is 0 Å². The van der Waals surface area contributed by atoms with E-state index >= 15 is 0 Å². The van der Waals surface area contributed by atoms with Crippen LogP contribution < -0.4 is 0 Å². The Kier molecular flexibility index (Phi) is 5.54. The average Bonchev–Trinajstić information content (AvgIpc) is 3.16. The Balaban J connectivity index is 1.50. The number of nitrogens with zero attached hydrogens (tertiary/aromatic N) is 3. The summed E-state index contributed by atoms with van der Waals surface area (Å²) < 4.78 is 13.3. The van der Waals surface area contributed by atoms with Crippen molar-refractivity contribution >= 4 is 23.4 Å². The summed E-state index contributed by atoms with van der Waals surface area (Å²) in [6.07, 6.45) is 0.493. The van der Waals surface area contributed by atoms with E-state index in [4.69, 9.17) is 4.84 Å². The summed E-state index contributed by atoms with van der Waals surface area (Å²) in [6, 6.07) is 11.5. The molecule has 1 atom stereocenters. The summed E-state index contributed by atoms with van der Waals surface area (Å²) in [7, 11) is 0. The second-order valence-corrected chi connectivity index (χ2v) is 8.27. The standard InChI is InChI=1S/C24H24FN3O4/c1-4-28-21(29)13-27(14-22(28)30)23(31)19-10-5-16(11-15(19)2)20-12-24(3,32-26-20)17-6-8-18(25)9-7-17/h5-11H,4,12-14H2,1-3H3. The van der Waals surface area contributed by atoms with Crippen LogP contribution in [0, 0.1) is 12.7 Å². The van der Waals surface area contributed by atoms with Crippen molar-refractivity contribution < 1.29 is 23.6 Å². The van der Waals surface area contributed by atoms with Crippen molar-refractivity contribution in [3.8, 4) is 0 Å². The van der Waals surface area contributed by atoms with E-state index in [0.717, 1.165) is 21.7 Å². The van der Waals surface area contributed by atoms with Crippen LogP contribution in [0.4, 0.5) is 4.39 Å². The fourth-order valence-electron chi connectivity index (χ4n) is 4.09. The maximum Gasteiger partial charge on any atom is 0.255 e. The quantitative estimate of drug-likeness (QED) is 0.689. The van der Waals surface area contributed by atoms with Gasteiger partial charge in [0.05, 0.1) is 5.71 Å². The third-order valence-corrected chi connectivity index (χ3v) is 5.96. The Hall–Kier alpha value is -3.55. The minimum absolute atomic E-state index is 0.115. The number of carbonyl (C=O) groups is 3. The Morgan fingerprint density at radius 3 is 2.38 bits per heavy atom. The zero-order valence-corrected chi connectivity index (χ0v) is 18.2. The van der Waals surface area contributed by atoms with Gasteiger partial charge >= 0.3 is 0 Å². The topological polar surface area (TPSA) is 79.3 Å². The highest BCUT2D eigenvalue weighted by Crippen LogP contribution is 2.36. The van der Waals surface area contributed by atoms with Crippen molar-refractivity contribution in [2.24, 2.45) is 5.16 Å². The van der Waals surface area contributed by atoms with Crippen molar-refractivity contribution in [3.05, 3.63) is 70.5 Å². The lowest BCUT2D eigenvalue weighted by Crippen LogP contribution is -2.55. The van der Waals surface area contributed by atoms with Gasteiger partial charge in [-0.15, -0.1) is 0 Å². The molecule has 0 aliphatic carbocycles. The van der Waals surface area contributed by atoms with Crippen molar-refractivity contribution in [3.63, 3.8) is 0 Å². The highest BCUT2D eigenvalue weighted by Gasteiger charge is 2.37. The molecular formula is C24H24FN3O4. The first-order valence-corrected chi connectivity index (χ1v) is 10.5. The van der Waals surface area contributed by atoms with Crippen molar-refractivity contribution in [2.45, 2.75) is 32.8 Å². The maximum atomic E-state index is 13.3. The van der Waals surface area contributed by atoms with Crippen LogP contribution in [0.15, 0.2) is 47.6 Å². The number of halogens is 1. The van der Waals surface area contributed by atoms with Gasteiger partial charge in [0.1, 0.15) is 18.9 Å². The van der Waals surface area contributed by atoms with Crippen LogP contribution in [0.2, 0.25) is 0 Å². The number of hydrogen-bond donors (Lipinski definition) is 0. The zero-order chi connectivity index (χ0) is 23.0. The molecule has 2 aromatic carbocycles. The molecule has 32 heavy (non-hydrogen) atoms. The molecule has 1 unspecified atom stereocenters. The van der Waals surface area contributed by atoms with Gasteiger partial charge in [-0.1, -0.05) is 23.4 Å². The normalized spacial score (nSPS) is 20.9. The summed E-state index contributed by atoms with van der Waals surface area (Å²) >= 11 is 0. The summed E-state index contributed by atoms with van der Waals surface area (Å²) in [6.45, 7) is 5.50. The number of amides is 3. The Labute approximate surface area is 185 Å². The molecule has 0 spiro atoms. The Morgan fingerprint density at radius 2 is 1.78 bits per heavy atom. The molecule has 0 radical (unpaired) electrons. The lowest BCUT2D eigenvalue weighted by Gasteiger charge is -2.32. The van der Waals surface area contributed by atoms with E-state index in [1.54, 1.807) is 38.1 Å². The number of imide groups is 1. The summed E-state index contributed by atoms with van der Waals surface area (Å²) in [5.74, 6) is -1.41. The molecule has 3 amide bonds. The van der Waals surface area contributed by atoms with Crippen LogP contribution in [0.25, 0.3) is 0 Å². The van der Waals surface area contributed by atoms with Crippen LogP contribution in [0.5, 0.6) is 0 Å². The molecule has 1 saturated heterocycles. The van der Waals surface area contributed by atoms with E-state index in [-0.39, 0.29) is 36.6 Å². The van der Waals surface area contributed by atoms with Gasteiger partial charge in [-0.3, -0.25) is 19.3 Å². The van der Waals surface area contributed by atoms with E-state index in [9.17, 15) is 18.8 Å². The molecule has 4 rings (SSSR count). The smallest absolute Gasteiger partial charge is 0.255 e. The fourth-order valence-corrected chi connectivity index (χ4v) is 4.09. The number of rotatable bonds is 4. The van der Waals surface area contributed by atoms with Gasteiger partial charge in [-0.25, -0.2) is 4.39 Å². The number of hydrogen-bond acceptors (Lipinski definition) is 5. The predicted octanol–water partition coefficient (Wildman–Crippen LogP) is 3.00. The molecule has 8 heteroatoms. The fraction of sp³-hybridized carbons (Fsp3) is 0.333.